The summed E-state index contributed by atoms with van der Waals surface area (Å²) < 4.78 is 11.3. The van der Waals surface area contributed by atoms with E-state index in [1.807, 2.05) is 25.2 Å². The van der Waals surface area contributed by atoms with Gasteiger partial charge in [0, 0.05) is 31.4 Å². The van der Waals surface area contributed by atoms with Crippen LogP contribution >= 0.6 is 0 Å². The van der Waals surface area contributed by atoms with Crippen molar-refractivity contribution in [1.29, 1.82) is 0 Å². The molecule has 0 spiro atoms. The van der Waals surface area contributed by atoms with Crippen molar-refractivity contribution in [3.63, 3.8) is 0 Å². The maximum Gasteiger partial charge on any atom is 0.161 e. The first kappa shape index (κ1) is 24.2. The number of H-pyrrole nitrogens is 1. The molecule has 0 fully saturated rings. The van der Waals surface area contributed by atoms with E-state index >= 15 is 0 Å². The van der Waals surface area contributed by atoms with Crippen molar-refractivity contribution in [3.8, 4) is 11.5 Å². The van der Waals surface area contributed by atoms with E-state index in [2.05, 4.69) is 53.9 Å². The van der Waals surface area contributed by atoms with Crippen LogP contribution in [0.3, 0.4) is 0 Å². The topological polar surface area (TPSA) is 73.9 Å². The fourth-order valence-electron chi connectivity index (χ4n) is 3.25. The predicted octanol–water partition coefficient (Wildman–Crippen LogP) is 3.08. The lowest BCUT2D eigenvalue weighted by Crippen LogP contribution is -2.37. The second kappa shape index (κ2) is 11.9. The Kier molecular flexibility index (Phi) is 9.62. The Morgan fingerprint density at radius 3 is 2.57 bits per heavy atom. The van der Waals surface area contributed by atoms with Crippen LogP contribution < -0.4 is 9.47 Å². The third-order valence-electron chi connectivity index (χ3n) is 5.12. The van der Waals surface area contributed by atoms with Gasteiger partial charge in [0.1, 0.15) is 12.7 Å². The number of aliphatic hydroxyl groups is 1. The molecule has 2 rings (SSSR count). The van der Waals surface area contributed by atoms with Gasteiger partial charge in [0.15, 0.2) is 11.5 Å². The maximum absolute atomic E-state index is 10.3. The second-order valence-corrected chi connectivity index (χ2v) is 8.29. The van der Waals surface area contributed by atoms with Crippen LogP contribution in [0, 0.1) is 0 Å². The Morgan fingerprint density at radius 1 is 1.13 bits per heavy atom. The molecule has 0 aliphatic rings. The molecule has 2 aromatic rings. The van der Waals surface area contributed by atoms with E-state index in [4.69, 9.17) is 9.47 Å². The van der Waals surface area contributed by atoms with Crippen molar-refractivity contribution in [2.45, 2.75) is 58.8 Å². The zero-order chi connectivity index (χ0) is 22.1. The van der Waals surface area contributed by atoms with Gasteiger partial charge in [0.25, 0.3) is 0 Å². The molecule has 7 heteroatoms. The first-order valence-electron chi connectivity index (χ1n) is 10.7. The van der Waals surface area contributed by atoms with Crippen LogP contribution in [0.5, 0.6) is 11.5 Å². The molecular formula is C23H38N4O3. The Morgan fingerprint density at radius 2 is 1.90 bits per heavy atom. The predicted molar refractivity (Wildman–Crippen MR) is 120 cm³/mol. The lowest BCUT2D eigenvalue weighted by molar-refractivity contribution is 0.0668. The Balaban J connectivity index is 1.95. The zero-order valence-electron chi connectivity index (χ0n) is 19.3. The minimum absolute atomic E-state index is 0.223. The van der Waals surface area contributed by atoms with Crippen LogP contribution in [-0.4, -0.2) is 71.6 Å². The molecule has 30 heavy (non-hydrogen) atoms. The highest BCUT2D eigenvalue weighted by Gasteiger charge is 2.14. The standard InChI is InChI=1S/C23H38N4O3/c1-7-8-19-12-20(25-24-19)14-26(4)13-18-9-10-22(29-6)23(11-18)30-16-21(28)15-27(5)17(2)3/h9-12,17,21,28H,7-8,13-16H2,1-6H3,(H,24,25)/t21-/m1/s1. The largest absolute Gasteiger partial charge is 0.493 e. The number of benzene rings is 1. The van der Waals surface area contributed by atoms with E-state index in [-0.39, 0.29) is 6.61 Å². The molecule has 0 unspecified atom stereocenters. The zero-order valence-corrected chi connectivity index (χ0v) is 19.3. The van der Waals surface area contributed by atoms with Crippen molar-refractivity contribution in [2.75, 3.05) is 34.4 Å². The summed E-state index contributed by atoms with van der Waals surface area (Å²) >= 11 is 0. The van der Waals surface area contributed by atoms with Crippen molar-refractivity contribution in [1.82, 2.24) is 20.0 Å². The molecule has 0 saturated heterocycles. The van der Waals surface area contributed by atoms with Crippen LogP contribution in [0.2, 0.25) is 0 Å². The molecule has 0 aliphatic carbocycles. The number of aromatic amines is 1. The SMILES string of the molecule is CCCc1cc(CN(C)Cc2ccc(OC)c(OC[C@H](O)CN(C)C(C)C)c2)[nH]n1. The highest BCUT2D eigenvalue weighted by molar-refractivity contribution is 5.43. The molecule has 1 heterocycles. The molecule has 2 N–H and O–H groups in total. The van der Waals surface area contributed by atoms with E-state index < -0.39 is 6.10 Å². The molecule has 7 nitrogen and oxygen atoms in total. The molecule has 0 aliphatic heterocycles. The average molecular weight is 419 g/mol. The third kappa shape index (κ3) is 7.63. The number of hydrogen-bond donors (Lipinski definition) is 2. The van der Waals surface area contributed by atoms with Crippen molar-refractivity contribution in [3.05, 3.63) is 41.2 Å². The fourth-order valence-corrected chi connectivity index (χ4v) is 3.25. The first-order valence-corrected chi connectivity index (χ1v) is 10.7. The minimum Gasteiger partial charge on any atom is -0.493 e. The Labute approximate surface area is 181 Å². The highest BCUT2D eigenvalue weighted by Crippen LogP contribution is 2.29. The third-order valence-corrected chi connectivity index (χ3v) is 5.12. The van der Waals surface area contributed by atoms with Crippen molar-refractivity contribution < 1.29 is 14.6 Å². The molecule has 168 valence electrons. The Hall–Kier alpha value is -2.09. The number of likely N-dealkylation sites (N-methyl/N-ethyl adjacent to an activating group) is 1. The Bertz CT molecular complexity index is 763. The lowest BCUT2D eigenvalue weighted by atomic mass is 10.2. The van der Waals surface area contributed by atoms with E-state index in [1.54, 1.807) is 7.11 Å². The van der Waals surface area contributed by atoms with E-state index in [1.165, 1.54) is 0 Å². The monoisotopic (exact) mass is 418 g/mol. The number of aryl methyl sites for hydroxylation is 1. The van der Waals surface area contributed by atoms with E-state index in [9.17, 15) is 5.11 Å². The van der Waals surface area contributed by atoms with Gasteiger partial charge < -0.3 is 19.5 Å². The van der Waals surface area contributed by atoms with Gasteiger partial charge in [-0.15, -0.1) is 0 Å². The normalized spacial score (nSPS) is 12.7. The molecule has 0 saturated carbocycles. The van der Waals surface area contributed by atoms with Gasteiger partial charge >= 0.3 is 0 Å². The summed E-state index contributed by atoms with van der Waals surface area (Å²) in [6.45, 7) is 8.70. The van der Waals surface area contributed by atoms with Gasteiger partial charge in [-0.3, -0.25) is 10.00 Å². The molecule has 0 bridgehead atoms. The fraction of sp³-hybridized carbons (Fsp3) is 0.609. The van der Waals surface area contributed by atoms with Gasteiger partial charge in [-0.2, -0.15) is 5.10 Å². The minimum atomic E-state index is -0.564. The molecular weight excluding hydrogens is 380 g/mol. The van der Waals surface area contributed by atoms with E-state index in [0.717, 1.165) is 42.9 Å². The van der Waals surface area contributed by atoms with Gasteiger partial charge in [-0.25, -0.2) is 0 Å². The lowest BCUT2D eigenvalue weighted by Gasteiger charge is -2.24. The molecule has 1 atom stereocenters. The van der Waals surface area contributed by atoms with Crippen molar-refractivity contribution in [2.24, 2.45) is 0 Å². The molecule has 1 aromatic carbocycles. The average Bonchev–Trinajstić information content (AvgIpc) is 3.13. The number of rotatable bonds is 13. The molecule has 1 aromatic heterocycles. The van der Waals surface area contributed by atoms with Crippen molar-refractivity contribution >= 4 is 0 Å². The summed E-state index contributed by atoms with van der Waals surface area (Å²) in [5.41, 5.74) is 3.35. The number of hydrogen-bond acceptors (Lipinski definition) is 6. The number of nitrogens with zero attached hydrogens (tertiary/aromatic N) is 3. The second-order valence-electron chi connectivity index (χ2n) is 8.29. The van der Waals surface area contributed by atoms with Gasteiger partial charge in [0.05, 0.1) is 12.8 Å². The summed E-state index contributed by atoms with van der Waals surface area (Å²) in [5.74, 6) is 1.32. The van der Waals surface area contributed by atoms with Gasteiger partial charge in [0.2, 0.25) is 0 Å². The van der Waals surface area contributed by atoms with Crippen LogP contribution in [0.1, 0.15) is 44.1 Å². The molecule has 0 radical (unpaired) electrons. The number of methoxy groups -OCH3 is 1. The number of nitrogens with one attached hydrogen (secondary N) is 1. The van der Waals surface area contributed by atoms with Gasteiger partial charge in [-0.1, -0.05) is 19.4 Å². The number of aromatic nitrogens is 2. The maximum atomic E-state index is 10.3. The smallest absolute Gasteiger partial charge is 0.161 e. The summed E-state index contributed by atoms with van der Waals surface area (Å²) in [7, 11) is 5.70. The summed E-state index contributed by atoms with van der Waals surface area (Å²) in [6, 6.07) is 8.46. The van der Waals surface area contributed by atoms with Crippen LogP contribution in [-0.2, 0) is 19.5 Å². The van der Waals surface area contributed by atoms with Crippen LogP contribution in [0.4, 0.5) is 0 Å². The highest BCUT2D eigenvalue weighted by atomic mass is 16.5. The first-order chi connectivity index (χ1) is 14.3. The van der Waals surface area contributed by atoms with Gasteiger partial charge in [-0.05, 0) is 58.1 Å². The van der Waals surface area contributed by atoms with Crippen LogP contribution in [0.25, 0.3) is 0 Å². The summed E-state index contributed by atoms with van der Waals surface area (Å²) in [5, 5.41) is 17.8. The summed E-state index contributed by atoms with van der Waals surface area (Å²) in [6.07, 6.45) is 1.53. The number of aliphatic hydroxyl groups excluding tert-OH is 1. The summed E-state index contributed by atoms with van der Waals surface area (Å²) in [4.78, 5) is 4.32. The quantitative estimate of drug-likeness (QED) is 0.521. The molecule has 0 amide bonds. The van der Waals surface area contributed by atoms with E-state index in [0.29, 0.717) is 24.1 Å². The van der Waals surface area contributed by atoms with Crippen LogP contribution in [0.15, 0.2) is 24.3 Å². The number of ether oxygens (including phenoxy) is 2.